The maximum Gasteiger partial charge on any atom is 0.180 e. The Morgan fingerprint density at radius 3 is 2.65 bits per heavy atom. The molecule has 0 amide bonds. The normalized spacial score (nSPS) is 15.8. The first-order valence-corrected chi connectivity index (χ1v) is 10.8. The molecular formula is C24H24N6O. The number of H-pyrrole nitrogens is 1. The molecule has 1 aliphatic heterocycles. The number of rotatable bonds is 6. The number of imidazole rings is 1. The average Bonchev–Trinajstić information content (AvgIpc) is 3.49. The molecular weight excluding hydrogens is 388 g/mol. The Labute approximate surface area is 180 Å². The summed E-state index contributed by atoms with van der Waals surface area (Å²) >= 11 is 0. The van der Waals surface area contributed by atoms with E-state index in [1.165, 1.54) is 5.56 Å². The predicted molar refractivity (Wildman–Crippen MR) is 118 cm³/mol. The number of tetrazole rings is 1. The number of hydrogen-bond donors (Lipinski definition) is 1. The molecule has 0 saturated carbocycles. The molecule has 1 N–H and O–H groups in total. The van der Waals surface area contributed by atoms with Crippen molar-refractivity contribution in [2.45, 2.75) is 45.1 Å². The van der Waals surface area contributed by atoms with Crippen LogP contribution in [-0.2, 0) is 6.42 Å². The smallest absolute Gasteiger partial charge is 0.180 e. The van der Waals surface area contributed by atoms with Gasteiger partial charge in [0.2, 0.25) is 0 Å². The third kappa shape index (κ3) is 3.56. The molecule has 0 radical (unpaired) electrons. The second kappa shape index (κ2) is 8.26. The number of nitrogens with one attached hydrogen (secondary N) is 1. The van der Waals surface area contributed by atoms with Crippen molar-refractivity contribution in [3.05, 3.63) is 71.8 Å². The van der Waals surface area contributed by atoms with Gasteiger partial charge in [-0.2, -0.15) is 0 Å². The van der Waals surface area contributed by atoms with Crippen molar-refractivity contribution >= 4 is 5.78 Å². The lowest BCUT2D eigenvalue weighted by Crippen LogP contribution is -2.24. The SMILES string of the molecule is CCCCc1ncc2n1C(c1ccc(-c3ccccc3-c3nnn[nH]3)cc1)CCC2=O. The largest absolute Gasteiger partial charge is 0.318 e. The molecule has 7 heteroatoms. The molecule has 4 aromatic rings. The van der Waals surface area contributed by atoms with Crippen molar-refractivity contribution in [1.29, 1.82) is 0 Å². The van der Waals surface area contributed by atoms with E-state index in [9.17, 15) is 4.79 Å². The van der Waals surface area contributed by atoms with Crippen LogP contribution in [0.4, 0.5) is 0 Å². The van der Waals surface area contributed by atoms with Gasteiger partial charge in [0.1, 0.15) is 11.5 Å². The zero-order chi connectivity index (χ0) is 21.2. The van der Waals surface area contributed by atoms with Gasteiger partial charge in [-0.25, -0.2) is 10.1 Å². The first kappa shape index (κ1) is 19.4. The number of ketones is 1. The molecule has 0 aliphatic carbocycles. The lowest BCUT2D eigenvalue weighted by molar-refractivity contribution is 0.0947. The summed E-state index contributed by atoms with van der Waals surface area (Å²) in [6.45, 7) is 2.17. The Morgan fingerprint density at radius 2 is 1.90 bits per heavy atom. The van der Waals surface area contributed by atoms with E-state index < -0.39 is 0 Å². The maximum absolute atomic E-state index is 12.5. The minimum atomic E-state index is 0.143. The summed E-state index contributed by atoms with van der Waals surface area (Å²) in [6.07, 6.45) is 6.21. The number of aromatic amines is 1. The van der Waals surface area contributed by atoms with Crippen LogP contribution in [0.15, 0.2) is 54.7 Å². The van der Waals surface area contributed by atoms with Crippen LogP contribution in [0, 0.1) is 0 Å². The van der Waals surface area contributed by atoms with Gasteiger partial charge in [-0.05, 0) is 40.0 Å². The highest BCUT2D eigenvalue weighted by Gasteiger charge is 2.29. The number of Topliss-reactive ketones (excluding diaryl/α,β-unsaturated/α-hetero) is 1. The summed E-state index contributed by atoms with van der Waals surface area (Å²) < 4.78 is 2.17. The number of nitrogens with zero attached hydrogens (tertiary/aromatic N) is 5. The Kier molecular flexibility index (Phi) is 5.16. The molecule has 0 fully saturated rings. The molecule has 2 aromatic heterocycles. The second-order valence-corrected chi connectivity index (χ2v) is 7.93. The molecule has 1 unspecified atom stereocenters. The van der Waals surface area contributed by atoms with Gasteiger partial charge in [-0.3, -0.25) is 4.79 Å². The monoisotopic (exact) mass is 412 g/mol. The van der Waals surface area contributed by atoms with Gasteiger partial charge in [0, 0.05) is 18.4 Å². The van der Waals surface area contributed by atoms with Crippen molar-refractivity contribution in [1.82, 2.24) is 30.2 Å². The fourth-order valence-corrected chi connectivity index (χ4v) is 4.41. The van der Waals surface area contributed by atoms with E-state index in [4.69, 9.17) is 0 Å². The minimum Gasteiger partial charge on any atom is -0.318 e. The van der Waals surface area contributed by atoms with Gasteiger partial charge in [0.05, 0.1) is 12.2 Å². The summed E-state index contributed by atoms with van der Waals surface area (Å²) in [4.78, 5) is 17.0. The van der Waals surface area contributed by atoms with Crippen LogP contribution < -0.4 is 0 Å². The van der Waals surface area contributed by atoms with E-state index >= 15 is 0 Å². The number of hydrogen-bond acceptors (Lipinski definition) is 5. The lowest BCUT2D eigenvalue weighted by Gasteiger charge is -2.27. The van der Waals surface area contributed by atoms with Crippen LogP contribution >= 0.6 is 0 Å². The molecule has 0 bridgehead atoms. The van der Waals surface area contributed by atoms with Crippen molar-refractivity contribution in [3.8, 4) is 22.5 Å². The molecule has 7 nitrogen and oxygen atoms in total. The standard InChI is InChI=1S/C24H24N6O/c1-2-3-8-23-25-15-21-22(31)14-13-20(30(21)23)17-11-9-16(10-12-17)18-6-4-5-7-19(18)24-26-28-29-27-24/h4-7,9-12,15,20H,2-3,8,13-14H2,1H3,(H,26,27,28,29). The number of unbranched alkanes of at least 4 members (excludes halogenated alkanes) is 1. The van der Waals surface area contributed by atoms with Crippen molar-refractivity contribution in [3.63, 3.8) is 0 Å². The Bertz CT molecular complexity index is 1190. The maximum atomic E-state index is 12.5. The second-order valence-electron chi connectivity index (χ2n) is 7.93. The van der Waals surface area contributed by atoms with Crippen LogP contribution in [0.2, 0.25) is 0 Å². The first-order chi connectivity index (χ1) is 15.3. The lowest BCUT2D eigenvalue weighted by atomic mass is 9.92. The summed E-state index contributed by atoms with van der Waals surface area (Å²) in [5, 5.41) is 14.3. The van der Waals surface area contributed by atoms with Crippen LogP contribution in [0.5, 0.6) is 0 Å². The molecule has 2 aromatic carbocycles. The highest BCUT2D eigenvalue weighted by Crippen LogP contribution is 2.35. The number of fused-ring (bicyclic) bond motifs is 1. The van der Waals surface area contributed by atoms with Gasteiger partial charge in [0.15, 0.2) is 11.6 Å². The number of carbonyl (C=O) groups is 1. The fraction of sp³-hybridized carbons (Fsp3) is 0.292. The van der Waals surface area contributed by atoms with Crippen LogP contribution in [0.3, 0.4) is 0 Å². The Hall–Kier alpha value is -3.61. The van der Waals surface area contributed by atoms with Gasteiger partial charge in [-0.15, -0.1) is 5.10 Å². The molecule has 0 saturated heterocycles. The van der Waals surface area contributed by atoms with E-state index in [0.29, 0.717) is 12.2 Å². The van der Waals surface area contributed by atoms with Crippen LogP contribution in [-0.4, -0.2) is 36.0 Å². The average molecular weight is 412 g/mol. The number of aryl methyl sites for hydroxylation is 1. The first-order valence-electron chi connectivity index (χ1n) is 10.8. The third-order valence-electron chi connectivity index (χ3n) is 6.00. The highest BCUT2D eigenvalue weighted by molar-refractivity contribution is 5.95. The summed E-state index contributed by atoms with van der Waals surface area (Å²) in [6, 6.07) is 16.8. The predicted octanol–water partition coefficient (Wildman–Crippen LogP) is 4.64. The van der Waals surface area contributed by atoms with E-state index in [1.807, 2.05) is 18.2 Å². The zero-order valence-corrected chi connectivity index (χ0v) is 17.5. The third-order valence-corrected chi connectivity index (χ3v) is 6.00. The van der Waals surface area contributed by atoms with Crippen molar-refractivity contribution in [2.75, 3.05) is 0 Å². The summed E-state index contributed by atoms with van der Waals surface area (Å²) in [5.41, 5.74) is 5.07. The molecule has 5 rings (SSSR count). The molecule has 0 spiro atoms. The van der Waals surface area contributed by atoms with Crippen LogP contribution in [0.1, 0.15) is 60.5 Å². The van der Waals surface area contributed by atoms with Gasteiger partial charge in [0.25, 0.3) is 0 Å². The molecule has 3 heterocycles. The van der Waals surface area contributed by atoms with E-state index in [-0.39, 0.29) is 11.8 Å². The zero-order valence-electron chi connectivity index (χ0n) is 17.5. The van der Waals surface area contributed by atoms with E-state index in [0.717, 1.165) is 53.9 Å². The topological polar surface area (TPSA) is 89.3 Å². The molecule has 156 valence electrons. The molecule has 1 aliphatic rings. The van der Waals surface area contributed by atoms with Gasteiger partial charge >= 0.3 is 0 Å². The number of carbonyl (C=O) groups excluding carboxylic acids is 1. The Balaban J connectivity index is 1.50. The Morgan fingerprint density at radius 1 is 1.10 bits per heavy atom. The van der Waals surface area contributed by atoms with Gasteiger partial charge < -0.3 is 4.57 Å². The van der Waals surface area contributed by atoms with Crippen molar-refractivity contribution in [2.24, 2.45) is 0 Å². The molecule has 31 heavy (non-hydrogen) atoms. The number of benzene rings is 2. The summed E-state index contributed by atoms with van der Waals surface area (Å²) in [5.74, 6) is 1.86. The van der Waals surface area contributed by atoms with Gasteiger partial charge in [-0.1, -0.05) is 61.9 Å². The molecule has 1 atom stereocenters. The van der Waals surface area contributed by atoms with Crippen molar-refractivity contribution < 1.29 is 4.79 Å². The fourth-order valence-electron chi connectivity index (χ4n) is 4.41. The van der Waals surface area contributed by atoms with Crippen LogP contribution in [0.25, 0.3) is 22.5 Å². The minimum absolute atomic E-state index is 0.143. The summed E-state index contributed by atoms with van der Waals surface area (Å²) in [7, 11) is 0. The van der Waals surface area contributed by atoms with E-state index in [2.05, 4.69) is 67.4 Å². The quantitative estimate of drug-likeness (QED) is 0.498. The highest BCUT2D eigenvalue weighted by atomic mass is 16.1. The van der Waals surface area contributed by atoms with E-state index in [1.54, 1.807) is 6.20 Å². The number of aromatic nitrogens is 6.